The number of carbonyl (C=O) groups is 1. The van der Waals surface area contributed by atoms with Gasteiger partial charge in [0, 0.05) is 31.8 Å². The summed E-state index contributed by atoms with van der Waals surface area (Å²) >= 11 is 0. The standard InChI is InChI=1S/C18H18F3N3O3/c19-18(20,21)17(25)23(12-15-4-2-1-3-14(15)11-22)10-9-13-5-7-16(8-6-13)24(26)27/h1-8H,9-12,22H2. The number of carbonyl (C=O) groups excluding carboxylic acids is 1. The first-order valence-electron chi connectivity index (χ1n) is 8.08. The highest BCUT2D eigenvalue weighted by atomic mass is 19.4. The summed E-state index contributed by atoms with van der Waals surface area (Å²) in [5, 5.41) is 10.7. The third-order valence-electron chi connectivity index (χ3n) is 4.05. The summed E-state index contributed by atoms with van der Waals surface area (Å²) in [5.41, 5.74) is 7.29. The van der Waals surface area contributed by atoms with Crippen molar-refractivity contribution in [1.82, 2.24) is 4.90 Å². The van der Waals surface area contributed by atoms with Crippen molar-refractivity contribution in [3.8, 4) is 0 Å². The first-order chi connectivity index (χ1) is 12.7. The van der Waals surface area contributed by atoms with E-state index >= 15 is 0 Å². The van der Waals surface area contributed by atoms with Crippen LogP contribution in [0.15, 0.2) is 48.5 Å². The van der Waals surface area contributed by atoms with Crippen molar-refractivity contribution in [2.75, 3.05) is 6.54 Å². The maximum absolute atomic E-state index is 13.0. The number of hydrogen-bond acceptors (Lipinski definition) is 4. The van der Waals surface area contributed by atoms with Crippen LogP contribution in [0.5, 0.6) is 0 Å². The summed E-state index contributed by atoms with van der Waals surface area (Å²) in [6.45, 7) is -0.264. The van der Waals surface area contributed by atoms with Gasteiger partial charge in [0.2, 0.25) is 0 Å². The van der Waals surface area contributed by atoms with Crippen LogP contribution in [-0.2, 0) is 24.3 Å². The monoisotopic (exact) mass is 381 g/mol. The molecular weight excluding hydrogens is 363 g/mol. The number of nitro benzene ring substituents is 1. The van der Waals surface area contributed by atoms with E-state index in [1.54, 1.807) is 24.3 Å². The molecule has 1 amide bonds. The second-order valence-corrected chi connectivity index (χ2v) is 5.87. The Labute approximate surface area is 153 Å². The Morgan fingerprint density at radius 1 is 1.07 bits per heavy atom. The Kier molecular flexibility index (Phi) is 6.51. The lowest BCUT2D eigenvalue weighted by Gasteiger charge is -2.25. The number of nitrogens with two attached hydrogens (primary N) is 1. The molecule has 0 saturated heterocycles. The summed E-state index contributed by atoms with van der Waals surface area (Å²) in [6.07, 6.45) is -4.86. The lowest BCUT2D eigenvalue weighted by atomic mass is 10.1. The highest BCUT2D eigenvalue weighted by Gasteiger charge is 2.42. The van der Waals surface area contributed by atoms with Gasteiger partial charge < -0.3 is 10.6 Å². The average Bonchev–Trinajstić information content (AvgIpc) is 2.64. The molecular formula is C18H18F3N3O3. The zero-order valence-corrected chi connectivity index (χ0v) is 14.3. The molecule has 2 rings (SSSR count). The van der Waals surface area contributed by atoms with E-state index in [2.05, 4.69) is 0 Å². The molecule has 144 valence electrons. The zero-order valence-electron chi connectivity index (χ0n) is 14.3. The predicted octanol–water partition coefficient (Wildman–Crippen LogP) is 3.19. The number of alkyl halides is 3. The number of rotatable bonds is 7. The molecule has 0 spiro atoms. The van der Waals surface area contributed by atoms with Gasteiger partial charge in [0.05, 0.1) is 4.92 Å². The van der Waals surface area contributed by atoms with Gasteiger partial charge in [-0.1, -0.05) is 36.4 Å². The fourth-order valence-electron chi connectivity index (χ4n) is 2.60. The van der Waals surface area contributed by atoms with E-state index in [4.69, 9.17) is 5.73 Å². The second kappa shape index (κ2) is 8.63. The van der Waals surface area contributed by atoms with Crippen LogP contribution in [0, 0.1) is 10.1 Å². The summed E-state index contributed by atoms with van der Waals surface area (Å²) in [5.74, 6) is -1.93. The van der Waals surface area contributed by atoms with Crippen LogP contribution in [0.3, 0.4) is 0 Å². The highest BCUT2D eigenvalue weighted by Crippen LogP contribution is 2.22. The molecule has 9 heteroatoms. The number of benzene rings is 2. The van der Waals surface area contributed by atoms with E-state index in [0.717, 1.165) is 4.90 Å². The van der Waals surface area contributed by atoms with Crippen LogP contribution in [0.2, 0.25) is 0 Å². The van der Waals surface area contributed by atoms with Crippen molar-refractivity contribution < 1.29 is 22.9 Å². The third-order valence-corrected chi connectivity index (χ3v) is 4.05. The Morgan fingerprint density at radius 2 is 1.67 bits per heavy atom. The molecule has 0 aliphatic carbocycles. The number of hydrogen-bond donors (Lipinski definition) is 1. The molecule has 0 fully saturated rings. The summed E-state index contributed by atoms with van der Waals surface area (Å²) in [6, 6.07) is 12.2. The third kappa shape index (κ3) is 5.52. The van der Waals surface area contributed by atoms with Gasteiger partial charge >= 0.3 is 12.1 Å². The fourth-order valence-corrected chi connectivity index (χ4v) is 2.60. The first-order valence-corrected chi connectivity index (χ1v) is 8.08. The van der Waals surface area contributed by atoms with E-state index in [-0.39, 0.29) is 31.7 Å². The number of non-ortho nitro benzene ring substituents is 1. The quantitative estimate of drug-likeness (QED) is 0.589. The van der Waals surface area contributed by atoms with Crippen LogP contribution in [-0.4, -0.2) is 28.5 Å². The topological polar surface area (TPSA) is 89.5 Å². The molecule has 2 aromatic carbocycles. The van der Waals surface area contributed by atoms with Gasteiger partial charge in [-0.3, -0.25) is 14.9 Å². The summed E-state index contributed by atoms with van der Waals surface area (Å²) in [7, 11) is 0. The van der Waals surface area contributed by atoms with Gasteiger partial charge in [0.1, 0.15) is 0 Å². The number of nitro groups is 1. The SMILES string of the molecule is NCc1ccccc1CN(CCc1ccc([N+](=O)[O-])cc1)C(=O)C(F)(F)F. The number of nitrogens with zero attached hydrogens (tertiary/aromatic N) is 2. The Balaban J connectivity index is 2.17. The first kappa shape index (κ1) is 20.4. The number of halogens is 3. The maximum atomic E-state index is 13.0. The second-order valence-electron chi connectivity index (χ2n) is 5.87. The molecule has 0 saturated carbocycles. The average molecular weight is 381 g/mol. The van der Waals surface area contributed by atoms with Crippen LogP contribution >= 0.6 is 0 Å². The van der Waals surface area contributed by atoms with Crippen molar-refractivity contribution in [1.29, 1.82) is 0 Å². The highest BCUT2D eigenvalue weighted by molar-refractivity contribution is 5.81. The lowest BCUT2D eigenvalue weighted by Crippen LogP contribution is -2.42. The van der Waals surface area contributed by atoms with Gasteiger partial charge in [-0.05, 0) is 23.1 Å². The molecule has 0 aliphatic rings. The number of amides is 1. The molecule has 2 aromatic rings. The van der Waals surface area contributed by atoms with Crippen molar-refractivity contribution in [3.63, 3.8) is 0 Å². The smallest absolute Gasteiger partial charge is 0.330 e. The minimum Gasteiger partial charge on any atom is -0.330 e. The van der Waals surface area contributed by atoms with Crippen molar-refractivity contribution in [3.05, 3.63) is 75.3 Å². The predicted molar refractivity (Wildman–Crippen MR) is 92.6 cm³/mol. The molecule has 0 bridgehead atoms. The van der Waals surface area contributed by atoms with Crippen molar-refractivity contribution >= 4 is 11.6 Å². The van der Waals surface area contributed by atoms with Crippen molar-refractivity contribution in [2.24, 2.45) is 5.73 Å². The van der Waals surface area contributed by atoms with Crippen molar-refractivity contribution in [2.45, 2.75) is 25.7 Å². The van der Waals surface area contributed by atoms with E-state index in [1.165, 1.54) is 24.3 Å². The Bertz CT molecular complexity index is 807. The molecule has 0 aliphatic heterocycles. The fraction of sp³-hybridized carbons (Fsp3) is 0.278. The normalized spacial score (nSPS) is 11.3. The van der Waals surface area contributed by atoms with Gasteiger partial charge in [0.25, 0.3) is 5.69 Å². The van der Waals surface area contributed by atoms with E-state index in [1.807, 2.05) is 0 Å². The molecule has 6 nitrogen and oxygen atoms in total. The minimum atomic E-state index is -4.99. The molecule has 2 N–H and O–H groups in total. The van der Waals surface area contributed by atoms with E-state index < -0.39 is 17.0 Å². The van der Waals surface area contributed by atoms with Gasteiger partial charge in [-0.2, -0.15) is 13.2 Å². The van der Waals surface area contributed by atoms with Crippen LogP contribution in [0.25, 0.3) is 0 Å². The van der Waals surface area contributed by atoms with Gasteiger partial charge in [0.15, 0.2) is 0 Å². The molecule has 0 unspecified atom stereocenters. The van der Waals surface area contributed by atoms with Crippen LogP contribution in [0.1, 0.15) is 16.7 Å². The summed E-state index contributed by atoms with van der Waals surface area (Å²) in [4.78, 5) is 22.6. The van der Waals surface area contributed by atoms with E-state index in [0.29, 0.717) is 16.7 Å². The van der Waals surface area contributed by atoms with E-state index in [9.17, 15) is 28.1 Å². The molecule has 0 aromatic heterocycles. The van der Waals surface area contributed by atoms with Gasteiger partial charge in [-0.25, -0.2) is 0 Å². The minimum absolute atomic E-state index is 0.112. The summed E-state index contributed by atoms with van der Waals surface area (Å²) < 4.78 is 38.9. The van der Waals surface area contributed by atoms with Crippen LogP contribution in [0.4, 0.5) is 18.9 Å². The molecule has 0 radical (unpaired) electrons. The Hall–Kier alpha value is -2.94. The van der Waals surface area contributed by atoms with Gasteiger partial charge in [-0.15, -0.1) is 0 Å². The Morgan fingerprint density at radius 3 is 2.19 bits per heavy atom. The molecule has 0 heterocycles. The lowest BCUT2D eigenvalue weighted by molar-refractivity contribution is -0.384. The largest absolute Gasteiger partial charge is 0.471 e. The zero-order chi connectivity index (χ0) is 20.0. The molecule has 0 atom stereocenters. The van der Waals surface area contributed by atoms with Crippen LogP contribution < -0.4 is 5.73 Å². The maximum Gasteiger partial charge on any atom is 0.471 e. The molecule has 27 heavy (non-hydrogen) atoms.